The van der Waals surface area contributed by atoms with Crippen molar-refractivity contribution >= 4 is 32.6 Å². The van der Waals surface area contributed by atoms with Crippen molar-refractivity contribution in [1.82, 2.24) is 9.55 Å². The summed E-state index contributed by atoms with van der Waals surface area (Å²) in [6.07, 6.45) is 1.44. The van der Waals surface area contributed by atoms with Gasteiger partial charge in [-0.2, -0.15) is 0 Å². The largest absolute Gasteiger partial charge is 0.292 e. The summed E-state index contributed by atoms with van der Waals surface area (Å²) in [7, 11) is 0. The van der Waals surface area contributed by atoms with E-state index in [4.69, 9.17) is 0 Å². The van der Waals surface area contributed by atoms with Crippen molar-refractivity contribution in [2.24, 2.45) is 0 Å². The lowest BCUT2D eigenvalue weighted by Gasteiger charge is -2.10. The van der Waals surface area contributed by atoms with Gasteiger partial charge in [-0.05, 0) is 61.7 Å². The molecule has 3 aromatic rings. The molecule has 1 aromatic heterocycles. The summed E-state index contributed by atoms with van der Waals surface area (Å²) >= 11 is 3.36. The summed E-state index contributed by atoms with van der Waals surface area (Å²) in [5.74, 6) is -0.0890. The van der Waals surface area contributed by atoms with Gasteiger partial charge in [-0.15, -0.1) is 0 Å². The lowest BCUT2D eigenvalue weighted by molar-refractivity contribution is 0.0970. The van der Waals surface area contributed by atoms with Gasteiger partial charge >= 0.3 is 0 Å². The number of fused-ring (bicyclic) bond motifs is 1. The number of aromatic nitrogens is 2. The predicted octanol–water partition coefficient (Wildman–Crippen LogP) is 3.97. The van der Waals surface area contributed by atoms with Crippen LogP contribution in [0.3, 0.4) is 0 Å². The van der Waals surface area contributed by atoms with Gasteiger partial charge in [0.2, 0.25) is 0 Å². The minimum Gasteiger partial charge on any atom is -0.292 e. The fraction of sp³-hybridized carbons (Fsp3) is 0.211. The van der Waals surface area contributed by atoms with E-state index in [2.05, 4.69) is 20.9 Å². The van der Waals surface area contributed by atoms with Gasteiger partial charge in [-0.3, -0.25) is 14.2 Å². The van der Waals surface area contributed by atoms with Crippen molar-refractivity contribution in [2.45, 2.75) is 27.3 Å². The number of nitrogens with zero attached hydrogens (tertiary/aromatic N) is 2. The van der Waals surface area contributed by atoms with E-state index in [1.165, 1.54) is 10.9 Å². The van der Waals surface area contributed by atoms with E-state index in [1.807, 2.05) is 39.0 Å². The van der Waals surface area contributed by atoms with Crippen LogP contribution in [0.4, 0.5) is 0 Å². The summed E-state index contributed by atoms with van der Waals surface area (Å²) in [4.78, 5) is 29.5. The predicted molar refractivity (Wildman–Crippen MR) is 98.7 cm³/mol. The van der Waals surface area contributed by atoms with Crippen LogP contribution in [0.25, 0.3) is 10.9 Å². The van der Waals surface area contributed by atoms with Crippen LogP contribution in [-0.2, 0) is 6.54 Å². The Morgan fingerprint density at radius 1 is 1.08 bits per heavy atom. The number of halogens is 1. The Balaban J connectivity index is 2.01. The monoisotopic (exact) mass is 384 g/mol. The Labute approximate surface area is 148 Å². The molecule has 0 radical (unpaired) electrons. The quantitative estimate of drug-likeness (QED) is 0.642. The van der Waals surface area contributed by atoms with Crippen LogP contribution in [0.5, 0.6) is 0 Å². The van der Waals surface area contributed by atoms with Crippen molar-refractivity contribution < 1.29 is 4.79 Å². The number of hydrogen-bond donors (Lipinski definition) is 0. The highest BCUT2D eigenvalue weighted by molar-refractivity contribution is 9.10. The SMILES string of the molecule is Cc1cc(C)c(C(=O)Cn2cnc3ccc(Br)cc3c2=O)cc1C. The average molecular weight is 385 g/mol. The second kappa shape index (κ2) is 6.32. The lowest BCUT2D eigenvalue weighted by atomic mass is 9.98. The molecule has 0 aliphatic rings. The van der Waals surface area contributed by atoms with Gasteiger partial charge in [0, 0.05) is 10.0 Å². The van der Waals surface area contributed by atoms with Crippen LogP contribution in [-0.4, -0.2) is 15.3 Å². The molecule has 2 aromatic carbocycles. The zero-order valence-electron chi connectivity index (χ0n) is 13.8. The number of rotatable bonds is 3. The molecular weight excluding hydrogens is 368 g/mol. The number of aryl methyl sites for hydroxylation is 3. The van der Waals surface area contributed by atoms with Crippen molar-refractivity contribution in [1.29, 1.82) is 0 Å². The van der Waals surface area contributed by atoms with Crippen LogP contribution in [0.2, 0.25) is 0 Å². The van der Waals surface area contributed by atoms with Gasteiger partial charge in [-0.25, -0.2) is 4.98 Å². The molecular formula is C19H17BrN2O2. The maximum absolute atomic E-state index is 12.7. The number of benzene rings is 2. The molecule has 0 spiro atoms. The number of ketones is 1. The molecule has 0 unspecified atom stereocenters. The Morgan fingerprint density at radius 2 is 1.79 bits per heavy atom. The minimum atomic E-state index is -0.212. The molecule has 0 saturated heterocycles. The van der Waals surface area contributed by atoms with Crippen molar-refractivity contribution in [3.05, 3.63) is 73.7 Å². The molecule has 0 aliphatic carbocycles. The van der Waals surface area contributed by atoms with Crippen LogP contribution in [0.15, 0.2) is 45.9 Å². The Kier molecular flexibility index (Phi) is 4.37. The Bertz CT molecular complexity index is 1020. The van der Waals surface area contributed by atoms with Crippen molar-refractivity contribution in [3.63, 3.8) is 0 Å². The second-order valence-corrected chi connectivity index (χ2v) is 6.93. The number of carbonyl (C=O) groups excluding carboxylic acids is 1. The Hall–Kier alpha value is -2.27. The highest BCUT2D eigenvalue weighted by Gasteiger charge is 2.13. The van der Waals surface area contributed by atoms with Gasteiger partial charge in [0.15, 0.2) is 5.78 Å². The molecule has 0 aliphatic heterocycles. The smallest absolute Gasteiger partial charge is 0.261 e. The van der Waals surface area contributed by atoms with E-state index in [0.717, 1.165) is 21.2 Å². The topological polar surface area (TPSA) is 52.0 Å². The van der Waals surface area contributed by atoms with E-state index in [9.17, 15) is 9.59 Å². The van der Waals surface area contributed by atoms with E-state index >= 15 is 0 Å². The summed E-state index contributed by atoms with van der Waals surface area (Å²) < 4.78 is 2.18. The Morgan fingerprint density at radius 3 is 2.54 bits per heavy atom. The van der Waals surface area contributed by atoms with Crippen molar-refractivity contribution in [2.75, 3.05) is 0 Å². The molecule has 1 heterocycles. The molecule has 3 rings (SSSR count). The lowest BCUT2D eigenvalue weighted by Crippen LogP contribution is -2.25. The fourth-order valence-electron chi connectivity index (χ4n) is 2.74. The minimum absolute atomic E-state index is 0.0162. The first-order valence-electron chi connectivity index (χ1n) is 7.62. The third-order valence-electron chi connectivity index (χ3n) is 4.24. The molecule has 0 fully saturated rings. The van der Waals surface area contributed by atoms with E-state index in [-0.39, 0.29) is 17.9 Å². The second-order valence-electron chi connectivity index (χ2n) is 6.01. The highest BCUT2D eigenvalue weighted by Crippen LogP contribution is 2.17. The van der Waals surface area contributed by atoms with Gasteiger partial charge in [0.05, 0.1) is 23.8 Å². The molecule has 0 N–H and O–H groups in total. The van der Waals surface area contributed by atoms with Crippen LogP contribution < -0.4 is 5.56 Å². The molecule has 4 nitrogen and oxygen atoms in total. The zero-order chi connectivity index (χ0) is 17.4. The maximum Gasteiger partial charge on any atom is 0.261 e. The van der Waals surface area contributed by atoms with E-state index < -0.39 is 0 Å². The van der Waals surface area contributed by atoms with Gasteiger partial charge in [0.25, 0.3) is 5.56 Å². The molecule has 0 atom stereocenters. The standard InChI is InChI=1S/C19H17BrN2O2/c1-11-6-13(3)15(7-12(11)2)18(23)9-22-10-21-17-5-4-14(20)8-16(17)19(22)24/h4-8,10H,9H2,1-3H3. The van der Waals surface area contributed by atoms with Gasteiger partial charge in [0.1, 0.15) is 0 Å². The first kappa shape index (κ1) is 16.6. The summed E-state index contributed by atoms with van der Waals surface area (Å²) in [5, 5.41) is 0.497. The number of hydrogen-bond acceptors (Lipinski definition) is 3. The third-order valence-corrected chi connectivity index (χ3v) is 4.73. The van der Waals surface area contributed by atoms with E-state index in [1.54, 1.807) is 12.1 Å². The van der Waals surface area contributed by atoms with Crippen molar-refractivity contribution in [3.8, 4) is 0 Å². The molecule has 0 bridgehead atoms. The summed E-state index contributed by atoms with van der Waals surface area (Å²) in [6.45, 7) is 5.90. The summed E-state index contributed by atoms with van der Waals surface area (Å²) in [6, 6.07) is 9.24. The first-order valence-corrected chi connectivity index (χ1v) is 8.42. The third kappa shape index (κ3) is 3.04. The van der Waals surface area contributed by atoms with Crippen LogP contribution in [0, 0.1) is 20.8 Å². The highest BCUT2D eigenvalue weighted by atomic mass is 79.9. The van der Waals surface area contributed by atoms with Gasteiger partial charge in [-0.1, -0.05) is 22.0 Å². The molecule has 0 amide bonds. The van der Waals surface area contributed by atoms with Gasteiger partial charge < -0.3 is 0 Å². The zero-order valence-corrected chi connectivity index (χ0v) is 15.3. The van der Waals surface area contributed by atoms with E-state index in [0.29, 0.717) is 16.5 Å². The molecule has 24 heavy (non-hydrogen) atoms. The normalized spacial score (nSPS) is 11.0. The van der Waals surface area contributed by atoms with Crippen LogP contribution in [0.1, 0.15) is 27.0 Å². The summed E-state index contributed by atoms with van der Waals surface area (Å²) in [5.41, 5.74) is 4.20. The fourth-order valence-corrected chi connectivity index (χ4v) is 3.11. The number of Topliss-reactive ketones (excluding diaryl/α,β-unsaturated/α-hetero) is 1. The van der Waals surface area contributed by atoms with Crippen LogP contribution >= 0.6 is 15.9 Å². The maximum atomic E-state index is 12.7. The molecule has 122 valence electrons. The number of carbonyl (C=O) groups is 1. The molecule has 5 heteroatoms. The molecule has 0 saturated carbocycles. The first-order chi connectivity index (χ1) is 11.4. The average Bonchev–Trinajstić information content (AvgIpc) is 2.54.